The minimum absolute atomic E-state index is 0.00604. The summed E-state index contributed by atoms with van der Waals surface area (Å²) >= 11 is 0. The van der Waals surface area contributed by atoms with Crippen LogP contribution in [-0.2, 0) is 69.8 Å². The van der Waals surface area contributed by atoms with Gasteiger partial charge >= 0.3 is 18.3 Å². The number of carbonyl (C=O) groups is 3. The molecule has 4 aliphatic heterocycles. The monoisotopic (exact) mass is 1440 g/mol. The van der Waals surface area contributed by atoms with E-state index >= 15 is 0 Å². The number of nitrogens with zero attached hydrogens (tertiary/aromatic N) is 2. The van der Waals surface area contributed by atoms with E-state index in [-0.39, 0.29) is 81.7 Å². The van der Waals surface area contributed by atoms with E-state index in [1.54, 1.807) is 6.07 Å². The summed E-state index contributed by atoms with van der Waals surface area (Å²) in [4.78, 5) is 36.5. The van der Waals surface area contributed by atoms with Crippen LogP contribution in [0.5, 0.6) is 34.5 Å². The second kappa shape index (κ2) is 35.9. The molecule has 2 fully saturated rings. The Kier molecular flexibility index (Phi) is 27.3. The number of fused-ring (bicyclic) bond motifs is 3. The predicted octanol–water partition coefficient (Wildman–Crippen LogP) is 8.69. The second-order valence-electron chi connectivity index (χ2n) is 26.7. The molecule has 6 aromatic carbocycles. The van der Waals surface area contributed by atoms with Crippen LogP contribution >= 0.6 is 0 Å². The van der Waals surface area contributed by atoms with Gasteiger partial charge in [-0.3, -0.25) is 0 Å². The van der Waals surface area contributed by atoms with Crippen LogP contribution in [0.25, 0.3) is 0 Å². The van der Waals surface area contributed by atoms with Gasteiger partial charge in [-0.1, -0.05) is 113 Å². The Morgan fingerprint density at radius 1 is 0.574 bits per heavy atom. The molecule has 6 aromatic rings. The number of hydrogen-bond donors (Lipinski definition) is 6. The summed E-state index contributed by atoms with van der Waals surface area (Å²) in [6, 6.07) is 41.5. The van der Waals surface area contributed by atoms with Gasteiger partial charge in [-0.2, -0.15) is 8.61 Å². The Balaban J connectivity index is 0.000000241. The quantitative estimate of drug-likeness (QED) is 0.0162. The molecule has 0 saturated carbocycles. The van der Waals surface area contributed by atoms with Crippen molar-refractivity contribution in [3.63, 3.8) is 0 Å². The molecule has 7 N–H and O–H groups in total. The summed E-state index contributed by atoms with van der Waals surface area (Å²) in [6.45, 7) is 9.03. The normalized spacial score (nSPS) is 17.4. The predicted molar refractivity (Wildman–Crippen MR) is 372 cm³/mol. The van der Waals surface area contributed by atoms with Gasteiger partial charge in [0.15, 0.2) is 29.3 Å². The van der Waals surface area contributed by atoms with Crippen molar-refractivity contribution in [3.05, 3.63) is 168 Å². The summed E-state index contributed by atoms with van der Waals surface area (Å²) in [7, 11) is -5.36. The lowest BCUT2D eigenvalue weighted by Gasteiger charge is -2.35. The van der Waals surface area contributed by atoms with Crippen LogP contribution < -0.4 is 50.1 Å². The second-order valence-corrected chi connectivity index (χ2v) is 30.6. The molecule has 28 heteroatoms. The molecule has 4 aliphatic rings. The average molecular weight is 1440 g/mol. The zero-order valence-corrected chi connectivity index (χ0v) is 59.5. The van der Waals surface area contributed by atoms with Gasteiger partial charge in [-0.25, -0.2) is 31.2 Å². The lowest BCUT2D eigenvalue weighted by molar-refractivity contribution is -0.0907. The number of rotatable bonds is 34. The fraction of sp³-hybridized carbons (Fsp3) is 0.466. The smallest absolute Gasteiger partial charge is 0.407 e. The van der Waals surface area contributed by atoms with Crippen LogP contribution in [0.3, 0.4) is 0 Å². The van der Waals surface area contributed by atoms with Gasteiger partial charge in [0.05, 0.1) is 60.4 Å². The first-order chi connectivity index (χ1) is 48.4. The molecule has 0 aromatic heterocycles. The van der Waals surface area contributed by atoms with Crippen molar-refractivity contribution in [2.24, 2.45) is 22.5 Å². The van der Waals surface area contributed by atoms with Crippen LogP contribution in [0.4, 0.5) is 14.4 Å². The van der Waals surface area contributed by atoms with E-state index < -0.39 is 85.8 Å². The van der Waals surface area contributed by atoms with Crippen molar-refractivity contribution in [2.75, 3.05) is 80.3 Å². The van der Waals surface area contributed by atoms with Crippen molar-refractivity contribution in [3.8, 4) is 34.5 Å². The molecule has 101 heavy (non-hydrogen) atoms. The van der Waals surface area contributed by atoms with Crippen molar-refractivity contribution >= 4 is 38.3 Å². The highest BCUT2D eigenvalue weighted by Crippen LogP contribution is 2.39. The molecule has 2 saturated heterocycles. The third kappa shape index (κ3) is 22.5. The number of amides is 3. The number of ether oxygens (including phenoxy) is 11. The topological polar surface area (TPSA) is 330 Å². The van der Waals surface area contributed by atoms with Crippen LogP contribution in [0.15, 0.2) is 155 Å². The molecular formula is C73H94N6O20S2. The molecule has 0 bridgehead atoms. The van der Waals surface area contributed by atoms with Crippen LogP contribution in [0.2, 0.25) is 0 Å². The number of aliphatic hydroxyl groups excluding tert-OH is 2. The lowest BCUT2D eigenvalue weighted by atomic mass is 9.87. The van der Waals surface area contributed by atoms with E-state index in [0.717, 1.165) is 22.3 Å². The maximum absolute atomic E-state index is 14.4. The number of sulfonamides is 2. The Labute approximate surface area is 591 Å². The summed E-state index contributed by atoms with van der Waals surface area (Å²) in [5, 5.41) is 30.8. The highest BCUT2D eigenvalue weighted by Gasteiger charge is 2.45. The molecule has 3 amide bonds. The van der Waals surface area contributed by atoms with Crippen molar-refractivity contribution in [1.29, 1.82) is 0 Å². The molecule has 7 atom stereocenters. The van der Waals surface area contributed by atoms with Gasteiger partial charge in [0.2, 0.25) is 33.6 Å². The fourth-order valence-electron chi connectivity index (χ4n) is 12.0. The number of aliphatic hydroxyl groups is 2. The van der Waals surface area contributed by atoms with Gasteiger partial charge in [0.1, 0.15) is 30.8 Å². The summed E-state index contributed by atoms with van der Waals surface area (Å²) < 4.78 is 120. The molecule has 0 radical (unpaired) electrons. The van der Waals surface area contributed by atoms with Crippen molar-refractivity contribution in [1.82, 2.24) is 24.6 Å². The lowest BCUT2D eigenvalue weighted by Crippen LogP contribution is -2.52. The van der Waals surface area contributed by atoms with E-state index in [4.69, 9.17) is 57.8 Å². The molecular weight excluding hydrogens is 1340 g/mol. The summed E-state index contributed by atoms with van der Waals surface area (Å²) in [5.74, 6) is 2.78. The highest BCUT2D eigenvalue weighted by atomic mass is 32.2. The molecule has 0 aliphatic carbocycles. The molecule has 0 spiro atoms. The molecule has 26 nitrogen and oxygen atoms in total. The van der Waals surface area contributed by atoms with E-state index in [2.05, 4.69) is 16.0 Å². The Morgan fingerprint density at radius 2 is 1.03 bits per heavy atom. The number of benzene rings is 6. The number of hydrogen-bond acceptors (Lipinski definition) is 21. The Bertz CT molecular complexity index is 3880. The van der Waals surface area contributed by atoms with E-state index in [0.29, 0.717) is 92.8 Å². The van der Waals surface area contributed by atoms with E-state index in [1.165, 1.54) is 53.0 Å². The van der Waals surface area contributed by atoms with Gasteiger partial charge in [-0.15, -0.1) is 0 Å². The van der Waals surface area contributed by atoms with E-state index in [1.807, 2.05) is 137 Å². The van der Waals surface area contributed by atoms with Crippen LogP contribution in [0.1, 0.15) is 82.1 Å². The minimum atomic E-state index is -4.25. The molecule has 4 heterocycles. The Morgan fingerprint density at radius 3 is 1.50 bits per heavy atom. The van der Waals surface area contributed by atoms with E-state index in [9.17, 15) is 41.4 Å². The minimum Gasteiger partial charge on any atom is -0.489 e. The standard InChI is InChI=1S/C40H51N3O12S.C33H43N3O8S/c1-40(2,17-7-18-50-38(45)41-3)25-43(56(47,48)30-14-15-34-35(21-30)54-26-53-34)22-33(44)32(42-39(46)55-36-24-52-37-31(36)16-19-49-37)20-27-10-12-29(13-11-27)51-23-28-8-5-4-6-9-28;1-33(2,16-7-17-41-32(38)35-3)22-36(45(39,40)27-14-15-30-31(19-27)44-23-43-30)20-29(37)28(34)18-24-10-12-26(13-11-24)42-21-25-8-5-4-6-9-25/h4-6,8-15,21,31-33,36-37,44H,7,16-20,22-26H2,1-3H3,(H,41,45)(H,42,46);4-6,8-15,19,28-29,37H,7,16-18,20-23,34H2,1-3H3,(H,35,38)/t31-,32-,33+,36?,37+;28-,29+/m00/s1. The Hall–Kier alpha value is -8.45. The van der Waals surface area contributed by atoms with Crippen molar-refractivity contribution in [2.45, 2.75) is 132 Å². The number of nitrogens with two attached hydrogens (primary N) is 1. The highest BCUT2D eigenvalue weighted by molar-refractivity contribution is 7.89. The SMILES string of the molecule is CNC(=O)OCCCC(C)(C)CN(C[C@@H](O)[C@@H](N)Cc1ccc(OCc2ccccc2)cc1)S(=O)(=O)c1ccc2c(c1)OCO2.CNC(=O)OCCCC(C)(C)CN(C[C@@H](O)[C@H](Cc1ccc(OCc2ccccc2)cc1)NC(=O)OC1CO[C@H]2OCC[C@@H]12)S(=O)(=O)c1ccc2c(c1)OCO2. The van der Waals surface area contributed by atoms with Gasteiger partial charge < -0.3 is 84.0 Å². The summed E-state index contributed by atoms with van der Waals surface area (Å²) in [6.07, 6.45) is -2.12. The zero-order valence-electron chi connectivity index (χ0n) is 57.9. The zero-order chi connectivity index (χ0) is 72.2. The van der Waals surface area contributed by atoms with Crippen molar-refractivity contribution < 1.29 is 93.5 Å². The third-order valence-corrected chi connectivity index (χ3v) is 21.2. The fourth-order valence-corrected chi connectivity index (χ4v) is 15.3. The molecule has 1 unspecified atom stereocenters. The maximum atomic E-state index is 14.4. The van der Waals surface area contributed by atoms with Gasteiger partial charge in [0.25, 0.3) is 0 Å². The first-order valence-corrected chi connectivity index (χ1v) is 36.6. The third-order valence-electron chi connectivity index (χ3n) is 17.6. The maximum Gasteiger partial charge on any atom is 0.407 e. The first-order valence-electron chi connectivity index (χ1n) is 33.7. The molecule has 10 rings (SSSR count). The first kappa shape index (κ1) is 76.7. The van der Waals surface area contributed by atoms with Crippen LogP contribution in [-0.4, -0.2) is 171 Å². The number of alkyl carbamates (subject to hydrolysis) is 3. The van der Waals surface area contributed by atoms with Crippen LogP contribution in [0, 0.1) is 16.7 Å². The number of carbonyl (C=O) groups excluding carboxylic acids is 3. The molecule has 548 valence electrons. The largest absolute Gasteiger partial charge is 0.489 e. The summed E-state index contributed by atoms with van der Waals surface area (Å²) in [5.41, 5.74) is 9.01. The van der Waals surface area contributed by atoms with Gasteiger partial charge in [0, 0.05) is 58.4 Å². The number of nitrogens with one attached hydrogen (secondary N) is 3. The average Bonchev–Trinajstić information content (AvgIpc) is 1.47. The van der Waals surface area contributed by atoms with Gasteiger partial charge in [-0.05, 0) is 127 Å².